The predicted molar refractivity (Wildman–Crippen MR) is 152 cm³/mol. The van der Waals surface area contributed by atoms with Gasteiger partial charge in [-0.15, -0.1) is 5.56 Å². The van der Waals surface area contributed by atoms with Crippen LogP contribution in [0.5, 0.6) is 5.75 Å². The number of benzene rings is 3. The Kier molecular flexibility index (Phi) is 8.83. The fourth-order valence-corrected chi connectivity index (χ4v) is 5.01. The van der Waals surface area contributed by atoms with Crippen LogP contribution in [0.4, 0.5) is 0 Å². The van der Waals surface area contributed by atoms with Gasteiger partial charge in [0.05, 0.1) is 0 Å². The van der Waals surface area contributed by atoms with Gasteiger partial charge in [0.15, 0.2) is 5.60 Å². The smallest absolute Gasteiger partial charge is 0.478 e. The maximum Gasteiger partial charge on any atom is 1.00 e. The fraction of sp³-hybridized carbons (Fsp3) is 0.333. The molecule has 1 fully saturated rings. The molecule has 0 radical (unpaired) electrons. The molecule has 40 heavy (non-hydrogen) atoms. The Bertz CT molecular complexity index is 1520. The molecule has 3 aromatic carbocycles. The summed E-state index contributed by atoms with van der Waals surface area (Å²) >= 11 is 0. The normalized spacial score (nSPS) is 13.9. The molecule has 0 bridgehead atoms. The molecule has 5 rings (SSSR count). The third-order valence-electron chi connectivity index (χ3n) is 7.60. The monoisotopic (exact) mass is 530 g/mol. The molecule has 7 heteroatoms. The summed E-state index contributed by atoms with van der Waals surface area (Å²) in [6.07, 6.45) is 3.15. The van der Waals surface area contributed by atoms with Gasteiger partial charge in [-0.3, -0.25) is 4.79 Å². The molecule has 0 saturated heterocycles. The van der Waals surface area contributed by atoms with Crippen LogP contribution in [0, 0.1) is 18.9 Å². The van der Waals surface area contributed by atoms with Gasteiger partial charge in [-0.25, -0.2) is 4.79 Å². The molecule has 0 unspecified atom stereocenters. The van der Waals surface area contributed by atoms with E-state index in [0.717, 1.165) is 28.6 Å². The van der Waals surface area contributed by atoms with Crippen LogP contribution < -0.4 is 28.9 Å². The van der Waals surface area contributed by atoms with Crippen molar-refractivity contribution >= 4 is 22.8 Å². The summed E-state index contributed by atoms with van der Waals surface area (Å²) in [7, 11) is 0. The molecule has 1 saturated carbocycles. The molecule has 1 atom stereocenters. The molecule has 1 aromatic heterocycles. The van der Waals surface area contributed by atoms with Gasteiger partial charge in [-0.1, -0.05) is 25.1 Å². The van der Waals surface area contributed by atoms with Crippen LogP contribution in [0.3, 0.4) is 0 Å². The van der Waals surface area contributed by atoms with Gasteiger partial charge in [0.2, 0.25) is 0 Å². The first kappa shape index (κ1) is 29.5. The van der Waals surface area contributed by atoms with Crippen LogP contribution >= 0.6 is 0 Å². The Labute approximate surface area is 247 Å². The zero-order chi connectivity index (χ0) is 27.7. The second kappa shape index (κ2) is 12.0. The molecule has 0 spiro atoms. The number of carbonyl (C=O) groups is 2. The predicted octanol–water partition coefficient (Wildman–Crippen LogP) is 3.49. The molecule has 4 aromatic rings. The van der Waals surface area contributed by atoms with Crippen molar-refractivity contribution in [3.8, 4) is 5.75 Å². The van der Waals surface area contributed by atoms with E-state index in [0.29, 0.717) is 23.7 Å². The van der Waals surface area contributed by atoms with Gasteiger partial charge >= 0.3 is 24.8 Å². The van der Waals surface area contributed by atoms with Crippen LogP contribution in [0.15, 0.2) is 66.7 Å². The molecule has 1 amide bonds. The Morgan fingerprint density at radius 1 is 1.15 bits per heavy atom. The summed E-state index contributed by atoms with van der Waals surface area (Å²) in [6, 6.07) is 24.2. The summed E-state index contributed by atoms with van der Waals surface area (Å²) in [5.41, 5.74) is 4.85. The number of nitrogens with zero attached hydrogens (tertiary/aromatic N) is 1. The van der Waals surface area contributed by atoms with E-state index in [9.17, 15) is 14.7 Å². The van der Waals surface area contributed by atoms with E-state index >= 15 is 0 Å². The second-order valence-corrected chi connectivity index (χ2v) is 11.1. The molecule has 1 aliphatic rings. The maximum absolute atomic E-state index is 13.2. The number of carbonyl (C=O) groups excluding carboxylic acids is 1. The van der Waals surface area contributed by atoms with Crippen molar-refractivity contribution in [2.24, 2.45) is 5.92 Å². The average molecular weight is 531 g/mol. The summed E-state index contributed by atoms with van der Waals surface area (Å²) in [4.78, 5) is 24.8. The van der Waals surface area contributed by atoms with Crippen molar-refractivity contribution in [1.29, 1.82) is 0 Å². The Morgan fingerprint density at radius 3 is 2.60 bits per heavy atom. The summed E-state index contributed by atoms with van der Waals surface area (Å²) < 4.78 is 8.14. The number of amides is 1. The van der Waals surface area contributed by atoms with Crippen LogP contribution in [-0.2, 0) is 17.8 Å². The second-order valence-electron chi connectivity index (χ2n) is 11.1. The molecule has 1 heterocycles. The minimum Gasteiger partial charge on any atom is -0.478 e. The SMILES string of the molecule is Cc1c(Cc2cccc(OC(C)(C)C(=O)O)c2)c2ccc(C(=O)N[C@@H](C)c3c[c-]ccc3)cc2n1CC1CC1.[Li+]. The summed E-state index contributed by atoms with van der Waals surface area (Å²) in [5.74, 6) is 0.0954. The van der Waals surface area contributed by atoms with Crippen molar-refractivity contribution < 1.29 is 38.3 Å². The van der Waals surface area contributed by atoms with Gasteiger partial charge in [0, 0.05) is 34.7 Å². The number of rotatable bonds is 10. The molecular formula is C33H35LiN2O4. The van der Waals surface area contributed by atoms with Crippen LogP contribution in [0.25, 0.3) is 10.9 Å². The van der Waals surface area contributed by atoms with Gasteiger partial charge in [0.25, 0.3) is 5.91 Å². The number of carboxylic acid groups (broad SMARTS) is 1. The first-order chi connectivity index (χ1) is 18.6. The number of fused-ring (bicyclic) bond motifs is 1. The third-order valence-corrected chi connectivity index (χ3v) is 7.60. The fourth-order valence-electron chi connectivity index (χ4n) is 5.01. The van der Waals surface area contributed by atoms with Gasteiger partial charge in [-0.05, 0) is 81.3 Å². The van der Waals surface area contributed by atoms with Crippen molar-refractivity contribution in [3.05, 3.63) is 101 Å². The van der Waals surface area contributed by atoms with Gasteiger partial charge in [0.1, 0.15) is 5.75 Å². The minimum absolute atomic E-state index is 0. The first-order valence-corrected chi connectivity index (χ1v) is 13.5. The quantitative estimate of drug-likeness (QED) is 0.243. The number of nitrogens with one attached hydrogen (secondary N) is 1. The van der Waals surface area contributed by atoms with Crippen LogP contribution in [0.2, 0.25) is 0 Å². The zero-order valence-electron chi connectivity index (χ0n) is 24.0. The average Bonchev–Trinajstić information content (AvgIpc) is 3.70. The van der Waals surface area contributed by atoms with Crippen molar-refractivity contribution in [1.82, 2.24) is 9.88 Å². The van der Waals surface area contributed by atoms with E-state index in [1.54, 1.807) is 19.9 Å². The number of ether oxygens (including phenoxy) is 1. The molecule has 2 N–H and O–H groups in total. The van der Waals surface area contributed by atoms with Crippen LogP contribution in [-0.4, -0.2) is 27.2 Å². The zero-order valence-corrected chi connectivity index (χ0v) is 24.0. The largest absolute Gasteiger partial charge is 1.00 e. The van der Waals surface area contributed by atoms with Gasteiger partial charge in [-0.2, -0.15) is 30.3 Å². The third kappa shape index (κ3) is 6.46. The molecule has 202 valence electrons. The van der Waals surface area contributed by atoms with Crippen LogP contribution in [0.1, 0.15) is 72.4 Å². The van der Waals surface area contributed by atoms with E-state index in [1.807, 2.05) is 61.5 Å². The molecule has 0 aliphatic heterocycles. The first-order valence-electron chi connectivity index (χ1n) is 13.5. The Morgan fingerprint density at radius 2 is 1.93 bits per heavy atom. The van der Waals surface area contributed by atoms with Gasteiger partial charge < -0.3 is 19.7 Å². The Hall–Kier alpha value is -3.46. The molecule has 1 aliphatic carbocycles. The standard InChI is InChI=1S/C33H35N2O4.Li/c1-21(25-10-6-5-7-11-25)34-31(36)26-15-16-28-29(22(2)35(30(28)19-26)20-23-13-14-23)18-24-9-8-12-27(17-24)39-33(3,4)32(37)38;/h5-6,8-12,15-17,19,21,23H,13-14,18,20H2,1-4H3,(H,34,36)(H,37,38);/q-1;+1/t21-;/m0./s1. The van der Waals surface area contributed by atoms with E-state index in [2.05, 4.69) is 28.9 Å². The molecular weight excluding hydrogens is 495 g/mol. The number of carboxylic acids is 1. The van der Waals surface area contributed by atoms with Crippen molar-refractivity contribution in [2.75, 3.05) is 0 Å². The van der Waals surface area contributed by atoms with E-state index < -0.39 is 11.6 Å². The summed E-state index contributed by atoms with van der Waals surface area (Å²) in [6.45, 7) is 8.17. The maximum atomic E-state index is 13.2. The van der Waals surface area contributed by atoms with Crippen molar-refractivity contribution in [3.63, 3.8) is 0 Å². The van der Waals surface area contributed by atoms with Crippen molar-refractivity contribution in [2.45, 2.75) is 65.1 Å². The number of hydrogen-bond donors (Lipinski definition) is 2. The van der Waals surface area contributed by atoms with E-state index in [-0.39, 0.29) is 30.8 Å². The molecule has 6 nitrogen and oxygen atoms in total. The number of aromatic nitrogens is 1. The minimum atomic E-state index is -1.32. The topological polar surface area (TPSA) is 80.6 Å². The Balaban J connectivity index is 0.00000370. The number of hydrogen-bond acceptors (Lipinski definition) is 3. The van der Waals surface area contributed by atoms with E-state index in [1.165, 1.54) is 24.1 Å². The van der Waals surface area contributed by atoms with E-state index in [4.69, 9.17) is 4.74 Å². The number of aliphatic carboxylic acids is 1. The summed E-state index contributed by atoms with van der Waals surface area (Å²) in [5, 5.41) is 13.7.